The molecule has 4 atom stereocenters. The molecule has 0 saturated carbocycles. The summed E-state index contributed by atoms with van der Waals surface area (Å²) in [7, 11) is 0. The molecule has 11 heteroatoms. The Labute approximate surface area is 176 Å². The number of imidazole rings is 1. The molecule has 0 radical (unpaired) electrons. The first kappa shape index (κ1) is 19.7. The SMILES string of the molecule is Nc1nc(OCCc2c[nH]c3ccccc23)nc2c1ncn2[C@@H]1O[C@H](CO)C(O)C1O. The van der Waals surface area contributed by atoms with E-state index in [1.165, 1.54) is 10.9 Å². The molecule has 0 bridgehead atoms. The fourth-order valence-electron chi connectivity index (χ4n) is 3.87. The van der Waals surface area contributed by atoms with Crippen LogP contribution < -0.4 is 10.5 Å². The van der Waals surface area contributed by atoms with E-state index in [0.29, 0.717) is 24.2 Å². The van der Waals surface area contributed by atoms with Gasteiger partial charge in [-0.15, -0.1) is 0 Å². The highest BCUT2D eigenvalue weighted by Gasteiger charge is 2.44. The van der Waals surface area contributed by atoms with Crippen LogP contribution >= 0.6 is 0 Å². The summed E-state index contributed by atoms with van der Waals surface area (Å²) in [6.45, 7) is -0.102. The Kier molecular flexibility index (Phi) is 4.94. The quantitative estimate of drug-likeness (QED) is 0.288. The van der Waals surface area contributed by atoms with Crippen LogP contribution in [-0.4, -0.2) is 71.3 Å². The number of ether oxygens (including phenoxy) is 2. The van der Waals surface area contributed by atoms with Crippen molar-refractivity contribution in [1.82, 2.24) is 24.5 Å². The molecule has 2 unspecified atom stereocenters. The molecule has 4 aromatic rings. The number of nitrogens with zero attached hydrogens (tertiary/aromatic N) is 4. The van der Waals surface area contributed by atoms with E-state index < -0.39 is 31.1 Å². The number of nitrogen functional groups attached to an aromatic ring is 1. The normalized spacial score (nSPS) is 23.7. The zero-order valence-electron chi connectivity index (χ0n) is 16.4. The lowest BCUT2D eigenvalue weighted by Gasteiger charge is -2.16. The van der Waals surface area contributed by atoms with Crippen LogP contribution in [0.5, 0.6) is 6.01 Å². The van der Waals surface area contributed by atoms with E-state index >= 15 is 0 Å². The molecule has 11 nitrogen and oxygen atoms in total. The van der Waals surface area contributed by atoms with Gasteiger partial charge in [0.25, 0.3) is 0 Å². The van der Waals surface area contributed by atoms with Gasteiger partial charge in [0, 0.05) is 23.5 Å². The topological polar surface area (TPSA) is 165 Å². The second-order valence-electron chi connectivity index (χ2n) is 7.40. The number of hydrogen-bond donors (Lipinski definition) is 5. The monoisotopic (exact) mass is 426 g/mol. The molecule has 162 valence electrons. The van der Waals surface area contributed by atoms with Gasteiger partial charge in [-0.05, 0) is 11.6 Å². The third-order valence-corrected chi connectivity index (χ3v) is 5.50. The van der Waals surface area contributed by atoms with E-state index in [1.807, 2.05) is 30.5 Å². The summed E-state index contributed by atoms with van der Waals surface area (Å²) < 4.78 is 12.8. The number of nitrogens with two attached hydrogens (primary N) is 1. The van der Waals surface area contributed by atoms with Crippen molar-refractivity contribution in [2.75, 3.05) is 18.9 Å². The molecule has 0 aliphatic carbocycles. The molecule has 1 fully saturated rings. The van der Waals surface area contributed by atoms with Crippen LogP contribution in [0.2, 0.25) is 0 Å². The number of aliphatic hydroxyl groups excluding tert-OH is 3. The molecule has 1 aromatic carbocycles. The highest BCUT2D eigenvalue weighted by atomic mass is 16.6. The standard InChI is InChI=1S/C20H22N6O5/c21-17-14-18(26(9-23-14)19-16(29)15(28)13(8-27)31-19)25-20(24-17)30-6-5-10-7-22-12-4-2-1-3-11(10)12/h1-4,7,9,13,15-16,19,22,27-29H,5-6,8H2,(H2,21,24,25)/t13-,15?,16?,19-/m1/s1. The first-order valence-corrected chi connectivity index (χ1v) is 9.87. The zero-order valence-corrected chi connectivity index (χ0v) is 16.4. The summed E-state index contributed by atoms with van der Waals surface area (Å²) in [6.07, 6.45) is -0.418. The number of aromatic nitrogens is 5. The van der Waals surface area contributed by atoms with Gasteiger partial charge in [-0.2, -0.15) is 9.97 Å². The second kappa shape index (κ2) is 7.78. The van der Waals surface area contributed by atoms with Gasteiger partial charge in [0.2, 0.25) is 0 Å². The van der Waals surface area contributed by atoms with Crippen LogP contribution in [0, 0.1) is 0 Å². The van der Waals surface area contributed by atoms with Gasteiger partial charge in [0.05, 0.1) is 19.5 Å². The number of nitrogens with one attached hydrogen (secondary N) is 1. The highest BCUT2D eigenvalue weighted by Crippen LogP contribution is 2.32. The van der Waals surface area contributed by atoms with Crippen molar-refractivity contribution in [3.05, 3.63) is 42.4 Å². The van der Waals surface area contributed by atoms with Crippen molar-refractivity contribution in [3.63, 3.8) is 0 Å². The van der Waals surface area contributed by atoms with Crippen LogP contribution in [0.1, 0.15) is 11.8 Å². The Hall–Kier alpha value is -3.25. The Morgan fingerprint density at radius 3 is 2.84 bits per heavy atom. The van der Waals surface area contributed by atoms with E-state index in [1.54, 1.807) is 0 Å². The fourth-order valence-corrected chi connectivity index (χ4v) is 3.87. The predicted molar refractivity (Wildman–Crippen MR) is 110 cm³/mol. The summed E-state index contributed by atoms with van der Waals surface area (Å²) in [5.41, 5.74) is 8.81. The van der Waals surface area contributed by atoms with Gasteiger partial charge in [-0.25, -0.2) is 4.98 Å². The average Bonchev–Trinajstić information content (AvgIpc) is 3.45. The summed E-state index contributed by atoms with van der Waals surface area (Å²) in [6, 6.07) is 8.08. The molecule has 5 rings (SSSR count). The van der Waals surface area contributed by atoms with E-state index in [-0.39, 0.29) is 11.8 Å². The number of hydrogen-bond acceptors (Lipinski definition) is 9. The van der Waals surface area contributed by atoms with Gasteiger partial charge in [0.15, 0.2) is 23.2 Å². The van der Waals surface area contributed by atoms with Gasteiger partial charge in [-0.1, -0.05) is 18.2 Å². The molecule has 1 aliphatic rings. The molecule has 1 saturated heterocycles. The average molecular weight is 426 g/mol. The van der Waals surface area contributed by atoms with Crippen molar-refractivity contribution in [2.45, 2.75) is 31.0 Å². The van der Waals surface area contributed by atoms with Crippen LogP contribution in [0.3, 0.4) is 0 Å². The summed E-state index contributed by atoms with van der Waals surface area (Å²) in [5, 5.41) is 30.8. The Morgan fingerprint density at radius 2 is 2.03 bits per heavy atom. The number of aliphatic hydroxyl groups is 3. The molecular weight excluding hydrogens is 404 g/mol. The van der Waals surface area contributed by atoms with Gasteiger partial charge < -0.3 is 35.5 Å². The van der Waals surface area contributed by atoms with Gasteiger partial charge in [0.1, 0.15) is 18.3 Å². The van der Waals surface area contributed by atoms with Gasteiger partial charge >= 0.3 is 6.01 Å². The van der Waals surface area contributed by atoms with Crippen molar-refractivity contribution >= 4 is 27.9 Å². The van der Waals surface area contributed by atoms with Crippen LogP contribution in [0.25, 0.3) is 22.1 Å². The van der Waals surface area contributed by atoms with Crippen LogP contribution in [0.4, 0.5) is 5.82 Å². The third kappa shape index (κ3) is 3.37. The zero-order chi connectivity index (χ0) is 21.5. The first-order valence-electron chi connectivity index (χ1n) is 9.87. The first-order chi connectivity index (χ1) is 15.1. The smallest absolute Gasteiger partial charge is 0.320 e. The molecule has 3 aromatic heterocycles. The molecule has 1 aliphatic heterocycles. The number of H-pyrrole nitrogens is 1. The van der Waals surface area contributed by atoms with Crippen molar-refractivity contribution in [3.8, 4) is 6.01 Å². The minimum Gasteiger partial charge on any atom is -0.463 e. The molecular formula is C20H22N6O5. The number of anilines is 1. The lowest BCUT2D eigenvalue weighted by Crippen LogP contribution is -2.33. The Balaban J connectivity index is 1.37. The molecule has 6 N–H and O–H groups in total. The Bertz CT molecular complexity index is 1220. The maximum Gasteiger partial charge on any atom is 0.320 e. The van der Waals surface area contributed by atoms with E-state index in [4.69, 9.17) is 15.2 Å². The minimum atomic E-state index is -1.27. The number of fused-ring (bicyclic) bond motifs is 2. The summed E-state index contributed by atoms with van der Waals surface area (Å²) in [4.78, 5) is 15.9. The molecule has 0 amide bonds. The number of aromatic amines is 1. The molecule has 0 spiro atoms. The second-order valence-corrected chi connectivity index (χ2v) is 7.40. The third-order valence-electron chi connectivity index (χ3n) is 5.50. The minimum absolute atomic E-state index is 0.0679. The summed E-state index contributed by atoms with van der Waals surface area (Å²) in [5.74, 6) is 0.123. The van der Waals surface area contributed by atoms with Gasteiger partial charge in [-0.3, -0.25) is 4.57 Å². The van der Waals surface area contributed by atoms with Crippen LogP contribution in [-0.2, 0) is 11.2 Å². The molecule has 4 heterocycles. The van der Waals surface area contributed by atoms with E-state index in [0.717, 1.165) is 16.5 Å². The van der Waals surface area contributed by atoms with E-state index in [9.17, 15) is 15.3 Å². The predicted octanol–water partition coefficient (Wildman–Crippen LogP) is 0.123. The van der Waals surface area contributed by atoms with Crippen LogP contribution in [0.15, 0.2) is 36.8 Å². The maximum absolute atomic E-state index is 10.3. The number of benzene rings is 1. The van der Waals surface area contributed by atoms with E-state index in [2.05, 4.69) is 19.9 Å². The largest absolute Gasteiger partial charge is 0.463 e. The molecule has 31 heavy (non-hydrogen) atoms. The lowest BCUT2D eigenvalue weighted by atomic mass is 10.1. The van der Waals surface area contributed by atoms with Crippen molar-refractivity contribution in [2.24, 2.45) is 0 Å². The highest BCUT2D eigenvalue weighted by molar-refractivity contribution is 5.83. The maximum atomic E-state index is 10.3. The van der Waals surface area contributed by atoms with Crippen molar-refractivity contribution in [1.29, 1.82) is 0 Å². The fraction of sp³-hybridized carbons (Fsp3) is 0.350. The Morgan fingerprint density at radius 1 is 1.19 bits per heavy atom. The number of rotatable bonds is 6. The lowest BCUT2D eigenvalue weighted by molar-refractivity contribution is -0.0511. The number of para-hydroxylation sites is 1. The summed E-state index contributed by atoms with van der Waals surface area (Å²) >= 11 is 0. The van der Waals surface area contributed by atoms with Crippen molar-refractivity contribution < 1.29 is 24.8 Å².